The number of carbonyl (C=O) groups is 1. The van der Waals surface area contributed by atoms with Gasteiger partial charge < -0.3 is 14.7 Å². The van der Waals surface area contributed by atoms with Crippen LogP contribution >= 0.6 is 0 Å². The van der Waals surface area contributed by atoms with E-state index in [2.05, 4.69) is 15.5 Å². The van der Waals surface area contributed by atoms with Crippen LogP contribution in [0.3, 0.4) is 0 Å². The van der Waals surface area contributed by atoms with Crippen LogP contribution < -0.4 is 5.32 Å². The second-order valence-electron chi connectivity index (χ2n) is 5.47. The molecule has 2 fully saturated rings. The highest BCUT2D eigenvalue weighted by molar-refractivity contribution is 5.75. The van der Waals surface area contributed by atoms with Crippen molar-refractivity contribution in [3.8, 4) is 0 Å². The molecule has 0 atom stereocenters. The van der Waals surface area contributed by atoms with E-state index < -0.39 is 0 Å². The summed E-state index contributed by atoms with van der Waals surface area (Å²) in [5, 5.41) is 6.86. The number of hydrogen-bond acceptors (Lipinski definition) is 4. The number of likely N-dealkylation sites (tertiary alicyclic amines) is 1. The van der Waals surface area contributed by atoms with Crippen LogP contribution in [0.25, 0.3) is 0 Å². The van der Waals surface area contributed by atoms with Crippen LogP contribution in [-0.4, -0.2) is 40.2 Å². The van der Waals surface area contributed by atoms with Crippen LogP contribution in [0.1, 0.15) is 50.2 Å². The normalized spacial score (nSPS) is 20.1. The highest BCUT2D eigenvalue weighted by Crippen LogP contribution is 2.39. The van der Waals surface area contributed by atoms with E-state index in [0.717, 1.165) is 5.82 Å². The van der Waals surface area contributed by atoms with Gasteiger partial charge in [0.15, 0.2) is 5.82 Å². The summed E-state index contributed by atoms with van der Waals surface area (Å²) in [4.78, 5) is 17.9. The number of urea groups is 1. The number of nitrogens with one attached hydrogen (secondary N) is 1. The Morgan fingerprint density at radius 2 is 2.11 bits per heavy atom. The summed E-state index contributed by atoms with van der Waals surface area (Å²) in [5.74, 6) is 2.26. The van der Waals surface area contributed by atoms with Crippen LogP contribution in [0, 0.1) is 0 Å². The van der Waals surface area contributed by atoms with Gasteiger partial charge in [0.05, 0.1) is 5.92 Å². The molecule has 6 heteroatoms. The van der Waals surface area contributed by atoms with Gasteiger partial charge in [-0.3, -0.25) is 0 Å². The fourth-order valence-electron chi connectivity index (χ4n) is 2.06. The van der Waals surface area contributed by atoms with E-state index in [4.69, 9.17) is 4.52 Å². The highest BCUT2D eigenvalue weighted by atomic mass is 16.5. The van der Waals surface area contributed by atoms with Crippen molar-refractivity contribution in [2.45, 2.75) is 44.6 Å². The van der Waals surface area contributed by atoms with Crippen molar-refractivity contribution in [2.75, 3.05) is 13.1 Å². The molecule has 1 saturated heterocycles. The lowest BCUT2D eigenvalue weighted by Gasteiger charge is -2.37. The zero-order valence-corrected chi connectivity index (χ0v) is 10.7. The van der Waals surface area contributed by atoms with Crippen molar-refractivity contribution in [1.29, 1.82) is 0 Å². The fourth-order valence-corrected chi connectivity index (χ4v) is 2.06. The summed E-state index contributed by atoms with van der Waals surface area (Å²) in [6, 6.07) is 0.157. The number of amides is 2. The second kappa shape index (κ2) is 4.26. The first kappa shape index (κ1) is 11.5. The molecule has 1 aliphatic heterocycles. The zero-order valence-electron chi connectivity index (χ0n) is 10.7. The summed E-state index contributed by atoms with van der Waals surface area (Å²) in [7, 11) is 0. The molecule has 98 valence electrons. The summed E-state index contributed by atoms with van der Waals surface area (Å²) >= 11 is 0. The highest BCUT2D eigenvalue weighted by Gasteiger charge is 2.37. The average Bonchev–Trinajstić information content (AvgIpc) is 2.96. The van der Waals surface area contributed by atoms with Gasteiger partial charge in [-0.2, -0.15) is 4.98 Å². The maximum absolute atomic E-state index is 11.7. The lowest BCUT2D eigenvalue weighted by atomic mass is 10.0. The standard InChI is InChI=1S/C12H18N4O2/c1-7(2)13-12(17)16-5-9(6-16)11-14-10(15-18-11)8-3-4-8/h7-9H,3-6H2,1-2H3,(H,13,17). The number of carbonyl (C=O) groups excluding carboxylic acids is 1. The van der Waals surface area contributed by atoms with E-state index in [1.165, 1.54) is 12.8 Å². The first-order chi connectivity index (χ1) is 8.63. The number of hydrogen-bond donors (Lipinski definition) is 1. The van der Waals surface area contributed by atoms with Crippen molar-refractivity contribution in [2.24, 2.45) is 0 Å². The van der Waals surface area contributed by atoms with Crippen LogP contribution in [0.4, 0.5) is 4.79 Å². The van der Waals surface area contributed by atoms with Gasteiger partial charge in [0, 0.05) is 25.0 Å². The SMILES string of the molecule is CC(C)NC(=O)N1CC(c2nc(C3CC3)no2)C1. The van der Waals surface area contributed by atoms with Gasteiger partial charge in [-0.1, -0.05) is 5.16 Å². The Bertz CT molecular complexity index is 447. The fraction of sp³-hybridized carbons (Fsp3) is 0.750. The molecule has 0 radical (unpaired) electrons. The van der Waals surface area contributed by atoms with Crippen molar-refractivity contribution in [3.63, 3.8) is 0 Å². The Labute approximate surface area is 106 Å². The molecule has 0 aromatic carbocycles. The Morgan fingerprint density at radius 3 is 2.72 bits per heavy atom. The molecule has 3 rings (SSSR count). The summed E-state index contributed by atoms with van der Waals surface area (Å²) in [6.45, 7) is 5.25. The van der Waals surface area contributed by atoms with Gasteiger partial charge in [0.2, 0.25) is 5.89 Å². The minimum Gasteiger partial charge on any atom is -0.339 e. The van der Waals surface area contributed by atoms with E-state index in [1.54, 1.807) is 4.90 Å². The third kappa shape index (κ3) is 2.19. The Kier molecular flexibility index (Phi) is 2.72. The number of aromatic nitrogens is 2. The lowest BCUT2D eigenvalue weighted by molar-refractivity contribution is 0.135. The van der Waals surface area contributed by atoms with Crippen molar-refractivity contribution in [3.05, 3.63) is 11.7 Å². The Balaban J connectivity index is 1.53. The first-order valence-corrected chi connectivity index (χ1v) is 6.52. The van der Waals surface area contributed by atoms with Gasteiger partial charge in [-0.25, -0.2) is 4.79 Å². The Hall–Kier alpha value is -1.59. The van der Waals surface area contributed by atoms with E-state index >= 15 is 0 Å². The molecular weight excluding hydrogens is 232 g/mol. The molecule has 1 aromatic heterocycles. The molecule has 0 bridgehead atoms. The molecule has 18 heavy (non-hydrogen) atoms. The molecule has 1 aliphatic carbocycles. The summed E-state index contributed by atoms with van der Waals surface area (Å²) in [6.07, 6.45) is 2.35. The van der Waals surface area contributed by atoms with Crippen LogP contribution in [0.15, 0.2) is 4.52 Å². The van der Waals surface area contributed by atoms with Gasteiger partial charge in [0.1, 0.15) is 0 Å². The maximum atomic E-state index is 11.7. The lowest BCUT2D eigenvalue weighted by Crippen LogP contribution is -2.53. The Morgan fingerprint density at radius 1 is 1.39 bits per heavy atom. The predicted octanol–water partition coefficient (Wildman–Crippen LogP) is 1.46. The van der Waals surface area contributed by atoms with E-state index in [0.29, 0.717) is 24.9 Å². The second-order valence-corrected chi connectivity index (χ2v) is 5.47. The molecular formula is C12H18N4O2. The number of rotatable bonds is 3. The molecule has 2 aliphatic rings. The maximum Gasteiger partial charge on any atom is 0.317 e. The third-order valence-electron chi connectivity index (χ3n) is 3.33. The topological polar surface area (TPSA) is 71.3 Å². The van der Waals surface area contributed by atoms with E-state index in [1.807, 2.05) is 13.8 Å². The molecule has 1 N–H and O–H groups in total. The van der Waals surface area contributed by atoms with Crippen LogP contribution in [0.5, 0.6) is 0 Å². The molecule has 0 unspecified atom stereocenters. The van der Waals surface area contributed by atoms with Crippen molar-refractivity contribution in [1.82, 2.24) is 20.4 Å². The average molecular weight is 250 g/mol. The molecule has 0 spiro atoms. The molecule has 2 amide bonds. The summed E-state index contributed by atoms with van der Waals surface area (Å²) in [5.41, 5.74) is 0. The van der Waals surface area contributed by atoms with Gasteiger partial charge in [-0.15, -0.1) is 0 Å². The largest absolute Gasteiger partial charge is 0.339 e. The minimum absolute atomic E-state index is 0.0109. The molecule has 1 aromatic rings. The monoisotopic (exact) mass is 250 g/mol. The van der Waals surface area contributed by atoms with Crippen LogP contribution in [0.2, 0.25) is 0 Å². The van der Waals surface area contributed by atoms with Crippen LogP contribution in [-0.2, 0) is 0 Å². The smallest absolute Gasteiger partial charge is 0.317 e. The zero-order chi connectivity index (χ0) is 12.7. The van der Waals surface area contributed by atoms with Gasteiger partial charge >= 0.3 is 6.03 Å². The summed E-state index contributed by atoms with van der Waals surface area (Å²) < 4.78 is 5.26. The van der Waals surface area contributed by atoms with E-state index in [9.17, 15) is 4.79 Å². The molecule has 6 nitrogen and oxygen atoms in total. The quantitative estimate of drug-likeness (QED) is 0.881. The minimum atomic E-state index is -0.0109. The first-order valence-electron chi connectivity index (χ1n) is 6.52. The van der Waals surface area contributed by atoms with Gasteiger partial charge in [0.25, 0.3) is 0 Å². The van der Waals surface area contributed by atoms with Crippen molar-refractivity contribution < 1.29 is 9.32 Å². The number of nitrogens with zero attached hydrogens (tertiary/aromatic N) is 3. The predicted molar refractivity (Wildman–Crippen MR) is 64.3 cm³/mol. The molecule has 1 saturated carbocycles. The third-order valence-corrected chi connectivity index (χ3v) is 3.33. The van der Waals surface area contributed by atoms with Gasteiger partial charge in [-0.05, 0) is 26.7 Å². The van der Waals surface area contributed by atoms with E-state index in [-0.39, 0.29) is 18.0 Å². The molecule has 2 heterocycles. The van der Waals surface area contributed by atoms with Crippen molar-refractivity contribution >= 4 is 6.03 Å².